The zero-order chi connectivity index (χ0) is 13.5. The summed E-state index contributed by atoms with van der Waals surface area (Å²) in [4.78, 5) is 22.7. The number of amides is 2. The fraction of sp³-hybridized carbons (Fsp3) is 0.800. The van der Waals surface area contributed by atoms with Crippen molar-refractivity contribution in [2.45, 2.75) is 32.9 Å². The van der Waals surface area contributed by atoms with E-state index in [1.165, 1.54) is 0 Å². The summed E-state index contributed by atoms with van der Waals surface area (Å²) in [6.07, 6.45) is -3.88. The Bertz CT molecular complexity index is 267. The second-order valence-corrected chi connectivity index (χ2v) is 3.57. The maximum Gasteiger partial charge on any atom is 0.471 e. The second kappa shape index (κ2) is 7.13. The lowest BCUT2D eigenvalue weighted by Gasteiger charge is -2.22. The molecule has 100 valence electrons. The van der Waals surface area contributed by atoms with E-state index in [1.54, 1.807) is 6.92 Å². The number of carbonyl (C=O) groups is 2. The van der Waals surface area contributed by atoms with Gasteiger partial charge in [0.05, 0.1) is 6.54 Å². The summed E-state index contributed by atoms with van der Waals surface area (Å²) >= 11 is 0. The Labute approximate surface area is 98.2 Å². The van der Waals surface area contributed by atoms with Gasteiger partial charge in [0.1, 0.15) is 0 Å². The first kappa shape index (κ1) is 15.7. The number of rotatable bonds is 6. The highest BCUT2D eigenvalue weighted by Crippen LogP contribution is 2.18. The van der Waals surface area contributed by atoms with E-state index in [0.717, 1.165) is 0 Å². The molecular weight excluding hydrogens is 237 g/mol. The molecule has 0 aromatic rings. The van der Waals surface area contributed by atoms with E-state index in [1.807, 2.05) is 6.92 Å². The molecule has 0 spiro atoms. The van der Waals surface area contributed by atoms with E-state index in [9.17, 15) is 22.8 Å². The van der Waals surface area contributed by atoms with E-state index < -0.39 is 24.5 Å². The van der Waals surface area contributed by atoms with Crippen LogP contribution in [-0.2, 0) is 9.59 Å². The SMILES string of the molecule is CCCNC(=O)CN(CCC)C(=O)C(F)(F)F. The molecule has 2 amide bonds. The van der Waals surface area contributed by atoms with Gasteiger partial charge in [0.2, 0.25) is 5.91 Å². The molecule has 0 heterocycles. The summed E-state index contributed by atoms with van der Waals surface area (Å²) in [7, 11) is 0. The summed E-state index contributed by atoms with van der Waals surface area (Å²) in [6, 6.07) is 0. The van der Waals surface area contributed by atoms with Crippen molar-refractivity contribution < 1.29 is 22.8 Å². The first-order valence-electron chi connectivity index (χ1n) is 5.45. The molecule has 7 heteroatoms. The standard InChI is InChI=1S/C10H17F3N2O2/c1-3-5-14-8(16)7-15(6-4-2)9(17)10(11,12)13/h3-7H2,1-2H3,(H,14,16). The van der Waals surface area contributed by atoms with Crippen LogP contribution in [0.4, 0.5) is 13.2 Å². The molecule has 0 unspecified atom stereocenters. The van der Waals surface area contributed by atoms with Gasteiger partial charge < -0.3 is 10.2 Å². The van der Waals surface area contributed by atoms with Crippen LogP contribution in [0, 0.1) is 0 Å². The van der Waals surface area contributed by atoms with Crippen LogP contribution >= 0.6 is 0 Å². The van der Waals surface area contributed by atoms with Crippen molar-refractivity contribution in [1.82, 2.24) is 10.2 Å². The summed E-state index contributed by atoms with van der Waals surface area (Å²) in [5.41, 5.74) is 0. The highest BCUT2D eigenvalue weighted by atomic mass is 19.4. The van der Waals surface area contributed by atoms with Crippen LogP contribution in [0.25, 0.3) is 0 Å². The van der Waals surface area contributed by atoms with Crippen LogP contribution in [0.1, 0.15) is 26.7 Å². The number of halogens is 3. The third-order valence-electron chi connectivity index (χ3n) is 1.93. The summed E-state index contributed by atoms with van der Waals surface area (Å²) in [5.74, 6) is -2.54. The molecule has 0 fully saturated rings. The number of hydrogen-bond donors (Lipinski definition) is 1. The van der Waals surface area contributed by atoms with Crippen LogP contribution in [0.2, 0.25) is 0 Å². The van der Waals surface area contributed by atoms with E-state index in [2.05, 4.69) is 5.32 Å². The topological polar surface area (TPSA) is 49.4 Å². The van der Waals surface area contributed by atoms with Crippen molar-refractivity contribution >= 4 is 11.8 Å². The van der Waals surface area contributed by atoms with Crippen LogP contribution < -0.4 is 5.32 Å². The maximum atomic E-state index is 12.2. The molecule has 1 N–H and O–H groups in total. The zero-order valence-electron chi connectivity index (χ0n) is 9.93. The number of carbonyl (C=O) groups excluding carboxylic acids is 2. The summed E-state index contributed by atoms with van der Waals surface area (Å²) < 4.78 is 36.6. The summed E-state index contributed by atoms with van der Waals surface area (Å²) in [6.45, 7) is 3.22. The highest BCUT2D eigenvalue weighted by molar-refractivity contribution is 5.87. The minimum absolute atomic E-state index is 0.0854. The van der Waals surface area contributed by atoms with E-state index in [-0.39, 0.29) is 6.54 Å². The normalized spacial score (nSPS) is 11.1. The largest absolute Gasteiger partial charge is 0.471 e. The Balaban J connectivity index is 4.43. The molecule has 17 heavy (non-hydrogen) atoms. The predicted molar refractivity (Wildman–Crippen MR) is 56.2 cm³/mol. The molecule has 0 radical (unpaired) electrons. The molecule has 0 aliphatic carbocycles. The Morgan fingerprint density at radius 2 is 1.76 bits per heavy atom. The van der Waals surface area contributed by atoms with Gasteiger partial charge in [-0.2, -0.15) is 13.2 Å². The monoisotopic (exact) mass is 254 g/mol. The van der Waals surface area contributed by atoms with Crippen LogP contribution in [0.15, 0.2) is 0 Å². The fourth-order valence-corrected chi connectivity index (χ4v) is 1.20. The number of alkyl halides is 3. The first-order chi connectivity index (χ1) is 7.82. The second-order valence-electron chi connectivity index (χ2n) is 3.57. The molecule has 0 aromatic carbocycles. The molecule has 0 aromatic heterocycles. The molecule has 0 saturated heterocycles. The van der Waals surface area contributed by atoms with Gasteiger partial charge in [-0.15, -0.1) is 0 Å². The Kier molecular flexibility index (Phi) is 6.60. The van der Waals surface area contributed by atoms with E-state index in [4.69, 9.17) is 0 Å². The van der Waals surface area contributed by atoms with Gasteiger partial charge in [-0.25, -0.2) is 0 Å². The average molecular weight is 254 g/mol. The number of hydrogen-bond acceptors (Lipinski definition) is 2. The van der Waals surface area contributed by atoms with Crippen molar-refractivity contribution in [2.75, 3.05) is 19.6 Å². The first-order valence-corrected chi connectivity index (χ1v) is 5.45. The molecule has 0 rings (SSSR count). The molecule has 4 nitrogen and oxygen atoms in total. The molecule has 0 aliphatic heterocycles. The van der Waals surface area contributed by atoms with E-state index in [0.29, 0.717) is 24.3 Å². The molecule has 0 aliphatic rings. The lowest BCUT2D eigenvalue weighted by Crippen LogP contribution is -2.46. The molecule has 0 atom stereocenters. The Hall–Kier alpha value is -1.27. The number of nitrogens with zero attached hydrogens (tertiary/aromatic N) is 1. The third-order valence-corrected chi connectivity index (χ3v) is 1.93. The highest BCUT2D eigenvalue weighted by Gasteiger charge is 2.42. The smallest absolute Gasteiger partial charge is 0.355 e. The third kappa shape index (κ3) is 6.13. The average Bonchev–Trinajstić information content (AvgIpc) is 2.23. The van der Waals surface area contributed by atoms with Crippen LogP contribution in [-0.4, -0.2) is 42.5 Å². The minimum Gasteiger partial charge on any atom is -0.355 e. The lowest BCUT2D eigenvalue weighted by molar-refractivity contribution is -0.185. The quantitative estimate of drug-likeness (QED) is 0.777. The van der Waals surface area contributed by atoms with Crippen molar-refractivity contribution in [3.8, 4) is 0 Å². The molecule has 0 saturated carbocycles. The lowest BCUT2D eigenvalue weighted by atomic mass is 10.3. The predicted octanol–water partition coefficient (Wildman–Crippen LogP) is 1.31. The number of nitrogens with one attached hydrogen (secondary N) is 1. The van der Waals surface area contributed by atoms with Gasteiger partial charge in [-0.05, 0) is 12.8 Å². The summed E-state index contributed by atoms with van der Waals surface area (Å²) in [5, 5.41) is 2.43. The molecular formula is C10H17F3N2O2. The minimum atomic E-state index is -4.93. The van der Waals surface area contributed by atoms with Gasteiger partial charge in [0.15, 0.2) is 0 Å². The van der Waals surface area contributed by atoms with Gasteiger partial charge in [-0.3, -0.25) is 9.59 Å². The van der Waals surface area contributed by atoms with Crippen molar-refractivity contribution in [3.05, 3.63) is 0 Å². The van der Waals surface area contributed by atoms with Gasteiger partial charge >= 0.3 is 12.1 Å². The zero-order valence-corrected chi connectivity index (χ0v) is 9.93. The maximum absolute atomic E-state index is 12.2. The van der Waals surface area contributed by atoms with Gasteiger partial charge in [0, 0.05) is 13.1 Å². The van der Waals surface area contributed by atoms with Crippen LogP contribution in [0.5, 0.6) is 0 Å². The Morgan fingerprint density at radius 3 is 2.18 bits per heavy atom. The van der Waals surface area contributed by atoms with Crippen molar-refractivity contribution in [3.63, 3.8) is 0 Å². The molecule has 0 bridgehead atoms. The van der Waals surface area contributed by atoms with Gasteiger partial charge in [-0.1, -0.05) is 13.8 Å². The Morgan fingerprint density at radius 1 is 1.18 bits per heavy atom. The van der Waals surface area contributed by atoms with Gasteiger partial charge in [0.25, 0.3) is 0 Å². The van der Waals surface area contributed by atoms with Crippen LogP contribution in [0.3, 0.4) is 0 Å². The fourth-order valence-electron chi connectivity index (χ4n) is 1.20. The van der Waals surface area contributed by atoms with Crippen molar-refractivity contribution in [2.24, 2.45) is 0 Å². The van der Waals surface area contributed by atoms with E-state index >= 15 is 0 Å². The van der Waals surface area contributed by atoms with Crippen molar-refractivity contribution in [1.29, 1.82) is 0 Å².